The number of methoxy groups -OCH3 is 2. The number of piperidine rings is 1. The Hall–Kier alpha value is -3.62. The summed E-state index contributed by atoms with van der Waals surface area (Å²) >= 11 is 0. The van der Waals surface area contributed by atoms with Crippen molar-refractivity contribution >= 4 is 15.7 Å². The molecule has 1 fully saturated rings. The normalized spacial score (nSPS) is 21.9. The molecule has 240 valence electrons. The molecule has 4 atom stereocenters. The van der Waals surface area contributed by atoms with Crippen LogP contribution < -0.4 is 14.4 Å². The Balaban J connectivity index is 1.42. The first-order valence-electron chi connectivity index (χ1n) is 15.5. The molecule has 0 aromatic heterocycles. The highest BCUT2D eigenvalue weighted by Gasteiger charge is 2.43. The summed E-state index contributed by atoms with van der Waals surface area (Å²) in [5.41, 5.74) is 3.08. The molecule has 5 rings (SSSR count). The molecule has 45 heavy (non-hydrogen) atoms. The maximum atomic E-state index is 14.1. The van der Waals surface area contributed by atoms with Gasteiger partial charge in [0.1, 0.15) is 17.6 Å². The van der Waals surface area contributed by atoms with E-state index in [0.717, 1.165) is 41.3 Å². The lowest BCUT2D eigenvalue weighted by Crippen LogP contribution is -2.53. The minimum absolute atomic E-state index is 0.0854. The number of nitriles is 1. The van der Waals surface area contributed by atoms with Gasteiger partial charge in [0.05, 0.1) is 43.0 Å². The van der Waals surface area contributed by atoms with Crippen LogP contribution in [0.15, 0.2) is 77.7 Å². The van der Waals surface area contributed by atoms with Crippen LogP contribution in [-0.2, 0) is 19.5 Å². The van der Waals surface area contributed by atoms with Gasteiger partial charge in [-0.2, -0.15) is 9.57 Å². The number of aryl methyl sites for hydroxylation is 1. The summed E-state index contributed by atoms with van der Waals surface area (Å²) in [5.74, 6) is 1.47. The topological polar surface area (TPSA) is 101 Å². The lowest BCUT2D eigenvalue weighted by Gasteiger charge is -2.44. The molecule has 0 aliphatic carbocycles. The summed E-state index contributed by atoms with van der Waals surface area (Å²) in [4.78, 5) is 2.55. The molecule has 2 heterocycles. The van der Waals surface area contributed by atoms with E-state index in [-0.39, 0.29) is 35.9 Å². The molecular weight excluding hydrogens is 590 g/mol. The maximum absolute atomic E-state index is 14.1. The molecule has 2 aliphatic heterocycles. The third-order valence-corrected chi connectivity index (χ3v) is 10.6. The van der Waals surface area contributed by atoms with Gasteiger partial charge < -0.3 is 23.8 Å². The largest absolute Gasteiger partial charge is 0.497 e. The van der Waals surface area contributed by atoms with Crippen LogP contribution in [0.1, 0.15) is 42.7 Å². The average molecular weight is 634 g/mol. The van der Waals surface area contributed by atoms with E-state index in [1.807, 2.05) is 61.5 Å². The van der Waals surface area contributed by atoms with Crippen LogP contribution in [0.25, 0.3) is 0 Å². The van der Waals surface area contributed by atoms with Crippen LogP contribution in [0, 0.1) is 18.3 Å². The summed E-state index contributed by atoms with van der Waals surface area (Å²) in [6, 6.07) is 24.7. The number of sulfonamides is 1. The molecule has 1 saturated heterocycles. The standard InChI is InChI=1S/C35H43N3O6S/c1-26-11-17-31(18-12-26)45(39,40)38-24-35(32(22-28(38)8-6-19-36)27-13-15-29(42-3)16-14-27)43-25-30-23-37(20-7-21-41-2)33-9-4-5-10-34(33)44-30/h4-5,9-18,28,30,32,35H,6-8,20-25H2,1-3H3/t28-,30?,32+,35-/m0/s1. The zero-order valence-corrected chi connectivity index (χ0v) is 27.1. The molecule has 0 saturated carbocycles. The van der Waals surface area contributed by atoms with Gasteiger partial charge in [0.2, 0.25) is 10.0 Å². The van der Waals surface area contributed by atoms with E-state index in [9.17, 15) is 13.7 Å². The van der Waals surface area contributed by atoms with Gasteiger partial charge >= 0.3 is 0 Å². The molecule has 0 amide bonds. The van der Waals surface area contributed by atoms with Gasteiger partial charge in [0.15, 0.2) is 0 Å². The Labute approximate surface area is 267 Å². The summed E-state index contributed by atoms with van der Waals surface area (Å²) < 4.78 is 53.5. The van der Waals surface area contributed by atoms with E-state index in [1.54, 1.807) is 30.7 Å². The third-order valence-electron chi connectivity index (χ3n) is 8.70. The SMILES string of the molecule is COCCCN1CC(CO[C@H]2CN(S(=O)(=O)c3ccc(C)cc3)[C@@H](CCC#N)C[C@@H]2c2ccc(OC)cc2)Oc2ccccc21. The number of para-hydroxylation sites is 2. The second kappa shape index (κ2) is 15.1. The molecule has 10 heteroatoms. The smallest absolute Gasteiger partial charge is 0.243 e. The Kier molecular flexibility index (Phi) is 11.0. The zero-order chi connectivity index (χ0) is 31.8. The van der Waals surface area contributed by atoms with Crippen molar-refractivity contribution < 1.29 is 27.4 Å². The van der Waals surface area contributed by atoms with Crippen molar-refractivity contribution in [3.63, 3.8) is 0 Å². The van der Waals surface area contributed by atoms with Gasteiger partial charge in [-0.05, 0) is 68.1 Å². The van der Waals surface area contributed by atoms with Crippen LogP contribution in [0.5, 0.6) is 11.5 Å². The fraction of sp³-hybridized carbons (Fsp3) is 0.457. The highest BCUT2D eigenvalue weighted by Crippen LogP contribution is 2.39. The van der Waals surface area contributed by atoms with E-state index in [1.165, 1.54) is 0 Å². The van der Waals surface area contributed by atoms with Crippen molar-refractivity contribution in [1.29, 1.82) is 5.26 Å². The van der Waals surface area contributed by atoms with Crippen LogP contribution >= 0.6 is 0 Å². The average Bonchev–Trinajstić information content (AvgIpc) is 3.06. The predicted octanol–water partition coefficient (Wildman–Crippen LogP) is 5.54. The van der Waals surface area contributed by atoms with Crippen molar-refractivity contribution in [2.24, 2.45) is 0 Å². The second-order valence-corrected chi connectivity index (χ2v) is 13.6. The summed E-state index contributed by atoms with van der Waals surface area (Å²) in [5, 5.41) is 9.43. The molecule has 3 aromatic rings. The van der Waals surface area contributed by atoms with Gasteiger partial charge in [-0.1, -0.05) is 42.0 Å². The third kappa shape index (κ3) is 7.79. The number of ether oxygens (including phenoxy) is 4. The lowest BCUT2D eigenvalue weighted by molar-refractivity contribution is -0.0417. The molecule has 0 radical (unpaired) electrons. The first kappa shape index (κ1) is 32.8. The van der Waals surface area contributed by atoms with Crippen molar-refractivity contribution in [2.75, 3.05) is 52.0 Å². The zero-order valence-electron chi connectivity index (χ0n) is 26.3. The molecule has 3 aromatic carbocycles. The van der Waals surface area contributed by atoms with Crippen LogP contribution in [0.3, 0.4) is 0 Å². The second-order valence-electron chi connectivity index (χ2n) is 11.7. The van der Waals surface area contributed by atoms with Crippen molar-refractivity contribution in [2.45, 2.75) is 61.7 Å². The fourth-order valence-corrected chi connectivity index (χ4v) is 8.01. The predicted molar refractivity (Wildman–Crippen MR) is 173 cm³/mol. The maximum Gasteiger partial charge on any atom is 0.243 e. The molecule has 0 bridgehead atoms. The highest BCUT2D eigenvalue weighted by molar-refractivity contribution is 7.89. The number of hydrogen-bond donors (Lipinski definition) is 0. The number of rotatable bonds is 13. The first-order valence-corrected chi connectivity index (χ1v) is 17.0. The fourth-order valence-electron chi connectivity index (χ4n) is 6.33. The Morgan fingerprint density at radius 1 is 1.00 bits per heavy atom. The Morgan fingerprint density at radius 3 is 2.47 bits per heavy atom. The summed E-state index contributed by atoms with van der Waals surface area (Å²) in [7, 11) is -0.498. The summed E-state index contributed by atoms with van der Waals surface area (Å²) in [6.45, 7) is 4.55. The molecule has 0 N–H and O–H groups in total. The van der Waals surface area contributed by atoms with Crippen LogP contribution in [-0.4, -0.2) is 78.0 Å². The minimum atomic E-state index is -3.84. The van der Waals surface area contributed by atoms with E-state index in [2.05, 4.69) is 17.0 Å². The number of benzene rings is 3. The van der Waals surface area contributed by atoms with E-state index < -0.39 is 16.1 Å². The van der Waals surface area contributed by atoms with Gasteiger partial charge in [-0.25, -0.2) is 8.42 Å². The summed E-state index contributed by atoms with van der Waals surface area (Å²) in [6.07, 6.45) is 1.45. The number of fused-ring (bicyclic) bond motifs is 1. The Morgan fingerprint density at radius 2 is 1.76 bits per heavy atom. The lowest BCUT2D eigenvalue weighted by atomic mass is 9.83. The number of anilines is 1. The van der Waals surface area contributed by atoms with Crippen molar-refractivity contribution in [3.8, 4) is 17.6 Å². The Bertz CT molecular complexity index is 1540. The number of hydrogen-bond acceptors (Lipinski definition) is 8. The van der Waals surface area contributed by atoms with E-state index in [4.69, 9.17) is 18.9 Å². The molecule has 9 nitrogen and oxygen atoms in total. The highest BCUT2D eigenvalue weighted by atomic mass is 32.2. The van der Waals surface area contributed by atoms with E-state index in [0.29, 0.717) is 32.6 Å². The monoisotopic (exact) mass is 633 g/mol. The van der Waals surface area contributed by atoms with Crippen molar-refractivity contribution in [3.05, 3.63) is 83.9 Å². The van der Waals surface area contributed by atoms with Gasteiger partial charge in [0, 0.05) is 45.2 Å². The molecular formula is C35H43N3O6S. The molecule has 0 spiro atoms. The van der Waals surface area contributed by atoms with Gasteiger partial charge in [-0.3, -0.25) is 0 Å². The van der Waals surface area contributed by atoms with Gasteiger partial charge in [0.25, 0.3) is 0 Å². The first-order chi connectivity index (χ1) is 21.8. The van der Waals surface area contributed by atoms with Gasteiger partial charge in [-0.15, -0.1) is 0 Å². The van der Waals surface area contributed by atoms with Crippen molar-refractivity contribution in [1.82, 2.24) is 4.31 Å². The van der Waals surface area contributed by atoms with E-state index >= 15 is 0 Å². The molecule has 1 unspecified atom stereocenters. The molecule has 2 aliphatic rings. The quantitative estimate of drug-likeness (QED) is 0.226. The van der Waals surface area contributed by atoms with Crippen LogP contribution in [0.4, 0.5) is 5.69 Å². The number of nitrogens with zero attached hydrogens (tertiary/aromatic N) is 3. The van der Waals surface area contributed by atoms with Crippen LogP contribution in [0.2, 0.25) is 0 Å². The minimum Gasteiger partial charge on any atom is -0.497 e.